The zero-order chi connectivity index (χ0) is 12.0. The second-order valence-electron chi connectivity index (χ2n) is 5.17. The summed E-state index contributed by atoms with van der Waals surface area (Å²) in [5.74, 6) is 0.790. The third kappa shape index (κ3) is 4.80. The molecule has 1 aromatic rings. The third-order valence-corrected chi connectivity index (χ3v) is 3.00. The second kappa shape index (κ2) is 6.70. The van der Waals surface area contributed by atoms with Gasteiger partial charge in [0.25, 0.3) is 0 Å². The average molecular weight is 219 g/mol. The van der Waals surface area contributed by atoms with Crippen LogP contribution >= 0.6 is 0 Å². The van der Waals surface area contributed by atoms with Crippen molar-refractivity contribution in [2.75, 3.05) is 6.54 Å². The van der Waals surface area contributed by atoms with Crippen LogP contribution in [-0.2, 0) is 6.42 Å². The van der Waals surface area contributed by atoms with Gasteiger partial charge in [-0.1, -0.05) is 38.1 Å². The summed E-state index contributed by atoms with van der Waals surface area (Å²) in [6, 6.07) is 9.23. The molecule has 0 aromatic heterocycles. The standard InChI is InChI=1S/C15H25N/c1-12(2)9-10-16-14(4)11-15-8-6-5-7-13(15)3/h5-8,12,14,16H,9-11H2,1-4H3. The van der Waals surface area contributed by atoms with Gasteiger partial charge in [-0.05, 0) is 50.3 Å². The summed E-state index contributed by atoms with van der Waals surface area (Å²) in [6.45, 7) is 10.1. The van der Waals surface area contributed by atoms with Crippen molar-refractivity contribution in [3.05, 3.63) is 35.4 Å². The van der Waals surface area contributed by atoms with Crippen LogP contribution < -0.4 is 5.32 Å². The minimum Gasteiger partial charge on any atom is -0.314 e. The Hall–Kier alpha value is -0.820. The molecule has 1 unspecified atom stereocenters. The summed E-state index contributed by atoms with van der Waals surface area (Å²) in [5.41, 5.74) is 2.87. The largest absolute Gasteiger partial charge is 0.314 e. The zero-order valence-corrected chi connectivity index (χ0v) is 11.1. The first-order chi connectivity index (χ1) is 7.59. The Morgan fingerprint density at radius 1 is 1.12 bits per heavy atom. The Bertz CT molecular complexity index is 304. The number of hydrogen-bond donors (Lipinski definition) is 1. The van der Waals surface area contributed by atoms with Gasteiger partial charge >= 0.3 is 0 Å². The smallest absolute Gasteiger partial charge is 0.00792 e. The predicted molar refractivity (Wildman–Crippen MR) is 71.8 cm³/mol. The predicted octanol–water partition coefficient (Wildman–Crippen LogP) is 3.56. The number of benzene rings is 1. The third-order valence-electron chi connectivity index (χ3n) is 3.00. The molecular formula is C15H25N. The average Bonchev–Trinajstić information content (AvgIpc) is 2.21. The number of rotatable bonds is 6. The maximum absolute atomic E-state index is 3.59. The van der Waals surface area contributed by atoms with Gasteiger partial charge in [0.15, 0.2) is 0 Å². The second-order valence-corrected chi connectivity index (χ2v) is 5.17. The van der Waals surface area contributed by atoms with E-state index < -0.39 is 0 Å². The highest BCUT2D eigenvalue weighted by Gasteiger charge is 2.04. The quantitative estimate of drug-likeness (QED) is 0.771. The van der Waals surface area contributed by atoms with E-state index in [1.165, 1.54) is 17.5 Å². The fraction of sp³-hybridized carbons (Fsp3) is 0.600. The molecule has 1 aromatic carbocycles. The van der Waals surface area contributed by atoms with Crippen molar-refractivity contribution in [1.29, 1.82) is 0 Å². The van der Waals surface area contributed by atoms with Crippen LogP contribution in [0.5, 0.6) is 0 Å². The molecule has 0 saturated heterocycles. The molecule has 0 saturated carbocycles. The minimum atomic E-state index is 0.569. The molecule has 0 heterocycles. The normalized spacial score (nSPS) is 13.1. The first-order valence-electron chi connectivity index (χ1n) is 6.37. The fourth-order valence-electron chi connectivity index (χ4n) is 1.86. The fourth-order valence-corrected chi connectivity index (χ4v) is 1.86. The first-order valence-corrected chi connectivity index (χ1v) is 6.37. The van der Waals surface area contributed by atoms with Gasteiger partial charge in [0.1, 0.15) is 0 Å². The van der Waals surface area contributed by atoms with Crippen LogP contribution in [-0.4, -0.2) is 12.6 Å². The molecule has 0 amide bonds. The summed E-state index contributed by atoms with van der Waals surface area (Å²) in [5, 5.41) is 3.59. The lowest BCUT2D eigenvalue weighted by molar-refractivity contribution is 0.485. The molecule has 0 aliphatic heterocycles. The lowest BCUT2D eigenvalue weighted by Crippen LogP contribution is -2.29. The molecule has 0 fully saturated rings. The lowest BCUT2D eigenvalue weighted by atomic mass is 10.0. The van der Waals surface area contributed by atoms with E-state index in [0.717, 1.165) is 18.9 Å². The zero-order valence-electron chi connectivity index (χ0n) is 11.1. The van der Waals surface area contributed by atoms with Crippen molar-refractivity contribution in [2.24, 2.45) is 5.92 Å². The molecule has 0 aliphatic carbocycles. The highest BCUT2D eigenvalue weighted by atomic mass is 14.9. The van der Waals surface area contributed by atoms with Crippen LogP contribution in [0.3, 0.4) is 0 Å². The van der Waals surface area contributed by atoms with E-state index in [2.05, 4.69) is 57.3 Å². The van der Waals surface area contributed by atoms with Crippen molar-refractivity contribution in [1.82, 2.24) is 5.32 Å². The van der Waals surface area contributed by atoms with Gasteiger partial charge in [-0.25, -0.2) is 0 Å². The van der Waals surface area contributed by atoms with E-state index in [0.29, 0.717) is 6.04 Å². The summed E-state index contributed by atoms with van der Waals surface area (Å²) in [7, 11) is 0. The van der Waals surface area contributed by atoms with E-state index >= 15 is 0 Å². The molecule has 16 heavy (non-hydrogen) atoms. The summed E-state index contributed by atoms with van der Waals surface area (Å²) in [6.07, 6.45) is 2.39. The molecule has 1 rings (SSSR count). The van der Waals surface area contributed by atoms with Crippen LogP contribution in [0.4, 0.5) is 0 Å². The lowest BCUT2D eigenvalue weighted by Gasteiger charge is -2.16. The van der Waals surface area contributed by atoms with Gasteiger partial charge in [0.2, 0.25) is 0 Å². The van der Waals surface area contributed by atoms with Gasteiger partial charge in [-0.2, -0.15) is 0 Å². The Morgan fingerprint density at radius 2 is 1.81 bits per heavy atom. The van der Waals surface area contributed by atoms with E-state index in [1.54, 1.807) is 0 Å². The molecule has 0 bridgehead atoms. The van der Waals surface area contributed by atoms with Gasteiger partial charge in [-0.15, -0.1) is 0 Å². The highest BCUT2D eigenvalue weighted by molar-refractivity contribution is 5.26. The molecule has 1 N–H and O–H groups in total. The Labute approximate surface area is 100 Å². The molecule has 1 atom stereocenters. The Morgan fingerprint density at radius 3 is 2.44 bits per heavy atom. The van der Waals surface area contributed by atoms with Crippen LogP contribution in [0.25, 0.3) is 0 Å². The van der Waals surface area contributed by atoms with Crippen molar-refractivity contribution in [2.45, 2.75) is 46.6 Å². The molecule has 0 spiro atoms. The van der Waals surface area contributed by atoms with E-state index in [1.807, 2.05) is 0 Å². The summed E-state index contributed by atoms with van der Waals surface area (Å²) < 4.78 is 0. The van der Waals surface area contributed by atoms with Crippen molar-refractivity contribution in [3.8, 4) is 0 Å². The van der Waals surface area contributed by atoms with Gasteiger partial charge in [0, 0.05) is 6.04 Å². The van der Waals surface area contributed by atoms with Crippen molar-refractivity contribution >= 4 is 0 Å². The summed E-state index contributed by atoms with van der Waals surface area (Å²) >= 11 is 0. The number of hydrogen-bond acceptors (Lipinski definition) is 1. The SMILES string of the molecule is Cc1ccccc1CC(C)NCCC(C)C. The number of aryl methyl sites for hydroxylation is 1. The van der Waals surface area contributed by atoms with E-state index in [-0.39, 0.29) is 0 Å². The summed E-state index contributed by atoms with van der Waals surface area (Å²) in [4.78, 5) is 0. The van der Waals surface area contributed by atoms with Crippen LogP contribution in [0, 0.1) is 12.8 Å². The maximum atomic E-state index is 3.59. The monoisotopic (exact) mass is 219 g/mol. The van der Waals surface area contributed by atoms with Crippen molar-refractivity contribution < 1.29 is 0 Å². The van der Waals surface area contributed by atoms with Crippen LogP contribution in [0.2, 0.25) is 0 Å². The first kappa shape index (κ1) is 13.2. The van der Waals surface area contributed by atoms with Gasteiger partial charge in [0.05, 0.1) is 0 Å². The molecule has 1 heteroatoms. The van der Waals surface area contributed by atoms with Gasteiger partial charge in [-0.3, -0.25) is 0 Å². The highest BCUT2D eigenvalue weighted by Crippen LogP contribution is 2.09. The van der Waals surface area contributed by atoms with Crippen molar-refractivity contribution in [3.63, 3.8) is 0 Å². The van der Waals surface area contributed by atoms with Crippen LogP contribution in [0.15, 0.2) is 24.3 Å². The Kier molecular flexibility index (Phi) is 5.54. The molecular weight excluding hydrogens is 194 g/mol. The molecule has 0 radical (unpaired) electrons. The topological polar surface area (TPSA) is 12.0 Å². The van der Waals surface area contributed by atoms with Crippen LogP contribution in [0.1, 0.15) is 38.3 Å². The maximum Gasteiger partial charge on any atom is 0.00792 e. The van der Waals surface area contributed by atoms with E-state index in [9.17, 15) is 0 Å². The minimum absolute atomic E-state index is 0.569. The molecule has 0 aliphatic rings. The Balaban J connectivity index is 2.34. The van der Waals surface area contributed by atoms with E-state index in [4.69, 9.17) is 0 Å². The molecule has 1 nitrogen and oxygen atoms in total. The van der Waals surface area contributed by atoms with Gasteiger partial charge < -0.3 is 5.32 Å². The molecule has 90 valence electrons. The number of nitrogens with one attached hydrogen (secondary N) is 1.